The first-order valence-electron chi connectivity index (χ1n) is 13.3. The molecule has 3 aromatic carbocycles. The smallest absolute Gasteiger partial charge is 0.296 e. The molecule has 0 radical (unpaired) electrons. The number of aliphatic hydroxyl groups excluding tert-OH is 1. The zero-order valence-electron chi connectivity index (χ0n) is 22.4. The molecule has 40 heavy (non-hydrogen) atoms. The monoisotopic (exact) mass is 552 g/mol. The molecule has 0 fully saturated rings. The van der Waals surface area contributed by atoms with Gasteiger partial charge in [0, 0.05) is 5.39 Å². The van der Waals surface area contributed by atoms with Gasteiger partial charge in [0.2, 0.25) is 5.78 Å². The molecular weight excluding hydrogens is 524 g/mol. The van der Waals surface area contributed by atoms with Crippen LogP contribution in [0.25, 0.3) is 21.2 Å². The molecule has 0 aliphatic carbocycles. The number of thiazole rings is 1. The molecule has 1 atom stereocenters. The van der Waals surface area contributed by atoms with E-state index in [0.29, 0.717) is 28.6 Å². The SMILES string of the molecule is CCCCOc1ccc([C@@H]2C(C(=O)c3cc4ccccc4o3)=C(O)C(=O)N2c2nc3c(C)cc(C)cc3s2)cc1. The summed E-state index contributed by atoms with van der Waals surface area (Å²) in [6.45, 7) is 6.69. The Morgan fingerprint density at radius 1 is 1.10 bits per heavy atom. The third-order valence-corrected chi connectivity index (χ3v) is 8.09. The molecule has 1 aliphatic rings. The van der Waals surface area contributed by atoms with Crippen LogP contribution in [0.4, 0.5) is 5.13 Å². The number of nitrogens with zero attached hydrogens (tertiary/aromatic N) is 2. The molecule has 0 saturated heterocycles. The van der Waals surface area contributed by atoms with Gasteiger partial charge in [-0.05, 0) is 67.3 Å². The third-order valence-electron chi connectivity index (χ3n) is 7.09. The van der Waals surface area contributed by atoms with Crippen molar-refractivity contribution >= 4 is 49.3 Å². The van der Waals surface area contributed by atoms with Crippen molar-refractivity contribution in [1.29, 1.82) is 0 Å². The van der Waals surface area contributed by atoms with Gasteiger partial charge >= 0.3 is 0 Å². The second kappa shape index (κ2) is 10.3. The minimum absolute atomic E-state index is 0.0455. The number of hydrogen-bond donors (Lipinski definition) is 1. The number of ether oxygens (including phenoxy) is 1. The molecular formula is C32H28N2O5S. The Bertz CT molecular complexity index is 1760. The van der Waals surface area contributed by atoms with Crippen molar-refractivity contribution in [1.82, 2.24) is 4.98 Å². The number of rotatable bonds is 8. The molecule has 1 aliphatic heterocycles. The van der Waals surface area contributed by atoms with Gasteiger partial charge in [-0.15, -0.1) is 0 Å². The lowest BCUT2D eigenvalue weighted by molar-refractivity contribution is -0.117. The van der Waals surface area contributed by atoms with Crippen LogP contribution >= 0.6 is 11.3 Å². The number of aryl methyl sites for hydroxylation is 2. The van der Waals surface area contributed by atoms with Crippen molar-refractivity contribution in [3.63, 3.8) is 0 Å². The van der Waals surface area contributed by atoms with E-state index >= 15 is 0 Å². The maximum absolute atomic E-state index is 13.9. The minimum Gasteiger partial charge on any atom is -0.503 e. The lowest BCUT2D eigenvalue weighted by Gasteiger charge is -2.24. The summed E-state index contributed by atoms with van der Waals surface area (Å²) in [5.41, 5.74) is 4.01. The third kappa shape index (κ3) is 4.44. The molecule has 2 aromatic heterocycles. The number of para-hydroxylation sites is 1. The average Bonchev–Trinajstić information content (AvgIpc) is 3.63. The van der Waals surface area contributed by atoms with Crippen LogP contribution in [0.2, 0.25) is 0 Å². The standard InChI is InChI=1S/C32H28N2O5S/c1-4-5-14-38-22-12-10-20(11-13-22)28-26(29(35)24-17-21-8-6-7-9-23(21)39-24)30(36)31(37)34(28)32-33-27-19(3)15-18(2)16-25(27)40-32/h6-13,15-17,28,36H,4-5,14H2,1-3H3/t28-/m1/s1. The number of benzene rings is 3. The highest BCUT2D eigenvalue weighted by atomic mass is 32.1. The molecule has 1 N–H and O–H groups in total. The fourth-order valence-corrected chi connectivity index (χ4v) is 6.29. The first kappa shape index (κ1) is 25.8. The van der Waals surface area contributed by atoms with Crippen LogP contribution in [0, 0.1) is 13.8 Å². The molecule has 0 bridgehead atoms. The number of Topliss-reactive ketones (excluding diaryl/α,β-unsaturated/α-hetero) is 1. The minimum atomic E-state index is -0.903. The lowest BCUT2D eigenvalue weighted by Crippen LogP contribution is -2.30. The number of furan rings is 1. The molecule has 6 rings (SSSR count). The van der Waals surface area contributed by atoms with Crippen LogP contribution in [-0.2, 0) is 4.79 Å². The molecule has 7 nitrogen and oxygen atoms in total. The fraction of sp³-hybridized carbons (Fsp3) is 0.219. The Labute approximate surface area is 235 Å². The van der Waals surface area contributed by atoms with Crippen LogP contribution in [0.1, 0.15) is 53.1 Å². The van der Waals surface area contributed by atoms with Crippen LogP contribution < -0.4 is 9.64 Å². The van der Waals surface area contributed by atoms with Crippen molar-refractivity contribution in [2.75, 3.05) is 11.5 Å². The average molecular weight is 553 g/mol. The highest BCUT2D eigenvalue weighted by molar-refractivity contribution is 7.22. The summed E-state index contributed by atoms with van der Waals surface area (Å²) in [4.78, 5) is 33.8. The van der Waals surface area contributed by atoms with Crippen molar-refractivity contribution in [2.45, 2.75) is 39.7 Å². The largest absolute Gasteiger partial charge is 0.503 e. The molecule has 0 unspecified atom stereocenters. The van der Waals surface area contributed by atoms with Gasteiger partial charge in [0.25, 0.3) is 5.91 Å². The quantitative estimate of drug-likeness (QED) is 0.157. The molecule has 1 amide bonds. The number of unbranched alkanes of at least 4 members (excludes halogenated alkanes) is 1. The summed E-state index contributed by atoms with van der Waals surface area (Å²) < 4.78 is 12.6. The Kier molecular flexibility index (Phi) is 6.64. The first-order chi connectivity index (χ1) is 19.4. The molecule has 0 saturated carbocycles. The molecule has 3 heterocycles. The topological polar surface area (TPSA) is 92.9 Å². The number of fused-ring (bicyclic) bond motifs is 2. The van der Waals surface area contributed by atoms with Crippen molar-refractivity contribution < 1.29 is 23.8 Å². The Morgan fingerprint density at radius 3 is 2.62 bits per heavy atom. The maximum Gasteiger partial charge on any atom is 0.296 e. The normalized spacial score (nSPS) is 15.5. The Morgan fingerprint density at radius 2 is 1.88 bits per heavy atom. The number of carbonyl (C=O) groups excluding carboxylic acids is 2. The number of ketones is 1. The number of hydrogen-bond acceptors (Lipinski definition) is 7. The van der Waals surface area contributed by atoms with Gasteiger partial charge in [-0.1, -0.05) is 61.1 Å². The predicted molar refractivity (Wildman–Crippen MR) is 156 cm³/mol. The summed E-state index contributed by atoms with van der Waals surface area (Å²) in [6, 6.07) is 19.4. The van der Waals surface area contributed by atoms with Crippen molar-refractivity contribution in [2.24, 2.45) is 0 Å². The Hall–Kier alpha value is -4.43. The first-order valence-corrected chi connectivity index (χ1v) is 14.1. The number of aliphatic hydroxyl groups is 1. The molecule has 5 aromatic rings. The second-order valence-electron chi connectivity index (χ2n) is 10.0. The molecule has 8 heteroatoms. The Balaban J connectivity index is 1.46. The number of anilines is 1. The number of carbonyl (C=O) groups is 2. The summed E-state index contributed by atoms with van der Waals surface area (Å²) >= 11 is 1.35. The van der Waals surface area contributed by atoms with E-state index in [0.717, 1.165) is 39.6 Å². The second-order valence-corrected chi connectivity index (χ2v) is 11.0. The van der Waals surface area contributed by atoms with Gasteiger partial charge in [0.1, 0.15) is 11.3 Å². The van der Waals surface area contributed by atoms with Gasteiger partial charge in [-0.2, -0.15) is 0 Å². The molecule has 202 valence electrons. The van der Waals surface area contributed by atoms with Gasteiger partial charge < -0.3 is 14.3 Å². The summed E-state index contributed by atoms with van der Waals surface area (Å²) in [5.74, 6) is -1.09. The van der Waals surface area contributed by atoms with Gasteiger partial charge in [0.15, 0.2) is 16.7 Å². The van der Waals surface area contributed by atoms with E-state index in [9.17, 15) is 14.7 Å². The van der Waals surface area contributed by atoms with E-state index in [1.807, 2.05) is 68.4 Å². The van der Waals surface area contributed by atoms with Crippen LogP contribution in [0.5, 0.6) is 5.75 Å². The molecule has 0 spiro atoms. The van der Waals surface area contributed by atoms with E-state index < -0.39 is 23.5 Å². The van der Waals surface area contributed by atoms with Gasteiger partial charge in [-0.3, -0.25) is 14.5 Å². The summed E-state index contributed by atoms with van der Waals surface area (Å²) in [5, 5.41) is 12.3. The fourth-order valence-electron chi connectivity index (χ4n) is 5.12. The van der Waals surface area contributed by atoms with Gasteiger partial charge in [-0.25, -0.2) is 4.98 Å². The van der Waals surface area contributed by atoms with Crippen molar-refractivity contribution in [3.05, 3.63) is 101 Å². The van der Waals surface area contributed by atoms with E-state index in [-0.39, 0.29) is 11.3 Å². The van der Waals surface area contributed by atoms with Gasteiger partial charge in [0.05, 0.1) is 28.4 Å². The van der Waals surface area contributed by atoms with E-state index in [1.165, 1.54) is 16.2 Å². The van der Waals surface area contributed by atoms with E-state index in [4.69, 9.17) is 14.1 Å². The van der Waals surface area contributed by atoms with E-state index in [2.05, 4.69) is 6.92 Å². The lowest BCUT2D eigenvalue weighted by atomic mass is 9.95. The van der Waals surface area contributed by atoms with Crippen LogP contribution in [0.15, 0.2) is 82.5 Å². The highest BCUT2D eigenvalue weighted by Crippen LogP contribution is 2.45. The number of amides is 1. The summed E-state index contributed by atoms with van der Waals surface area (Å²) in [7, 11) is 0. The zero-order valence-corrected chi connectivity index (χ0v) is 23.2. The highest BCUT2D eigenvalue weighted by Gasteiger charge is 2.46. The predicted octanol–water partition coefficient (Wildman–Crippen LogP) is 7.62. The van der Waals surface area contributed by atoms with Crippen molar-refractivity contribution in [3.8, 4) is 5.75 Å². The zero-order chi connectivity index (χ0) is 28.0. The van der Waals surface area contributed by atoms with Crippen LogP contribution in [0.3, 0.4) is 0 Å². The number of aromatic nitrogens is 1. The van der Waals surface area contributed by atoms with Crippen LogP contribution in [-0.4, -0.2) is 28.4 Å². The maximum atomic E-state index is 13.9. The van der Waals surface area contributed by atoms with E-state index in [1.54, 1.807) is 12.1 Å². The summed E-state index contributed by atoms with van der Waals surface area (Å²) in [6.07, 6.45) is 1.96.